The summed E-state index contributed by atoms with van der Waals surface area (Å²) in [6.07, 6.45) is 1.70. The Morgan fingerprint density at radius 3 is 2.50 bits per heavy atom. The first-order valence-corrected chi connectivity index (χ1v) is 3.52. The van der Waals surface area contributed by atoms with Crippen molar-refractivity contribution in [2.75, 3.05) is 6.61 Å². The predicted octanol–water partition coefficient (Wildman–Crippen LogP) is 1.08. The zero-order valence-corrected chi connectivity index (χ0v) is 6.35. The molecule has 0 radical (unpaired) electrons. The van der Waals surface area contributed by atoms with Gasteiger partial charge in [-0.2, -0.15) is 0 Å². The van der Waals surface area contributed by atoms with Crippen LogP contribution in [0, 0.1) is 0 Å². The van der Waals surface area contributed by atoms with Crippen molar-refractivity contribution in [3.8, 4) is 0 Å². The van der Waals surface area contributed by atoms with E-state index >= 15 is 0 Å². The second-order valence-corrected chi connectivity index (χ2v) is 2.44. The molecule has 0 N–H and O–H groups in total. The van der Waals surface area contributed by atoms with Crippen LogP contribution in [0.25, 0.3) is 0 Å². The van der Waals surface area contributed by atoms with Gasteiger partial charge in [0.25, 0.3) is 0 Å². The molecule has 0 heterocycles. The zero-order valence-electron chi connectivity index (χ0n) is 6.35. The third-order valence-corrected chi connectivity index (χ3v) is 1.40. The molecule has 0 amide bonds. The molecule has 1 saturated carbocycles. The maximum atomic E-state index is 10.5. The van der Waals surface area contributed by atoms with Crippen molar-refractivity contribution in [3.63, 3.8) is 0 Å². The van der Waals surface area contributed by atoms with E-state index in [1.54, 1.807) is 0 Å². The average Bonchev–Trinajstić information content (AvgIpc) is 2.47. The molecule has 0 unspecified atom stereocenters. The van der Waals surface area contributed by atoms with Crippen molar-refractivity contribution in [2.24, 2.45) is 0 Å². The summed E-state index contributed by atoms with van der Waals surface area (Å²) in [5.41, 5.74) is 0. The van der Waals surface area contributed by atoms with Gasteiger partial charge < -0.3 is 9.47 Å². The third kappa shape index (κ3) is 1.70. The summed E-state index contributed by atoms with van der Waals surface area (Å²) in [6.45, 7) is 3.90. The minimum absolute atomic E-state index is 0.258. The van der Waals surface area contributed by atoms with E-state index in [-0.39, 0.29) is 5.97 Å². The van der Waals surface area contributed by atoms with E-state index in [4.69, 9.17) is 9.47 Å². The molecule has 3 heteroatoms. The summed E-state index contributed by atoms with van der Waals surface area (Å²) in [5.74, 6) is -0.786. The molecule has 0 aliphatic heterocycles. The molecule has 10 heavy (non-hydrogen) atoms. The Bertz CT molecular complexity index is 138. The van der Waals surface area contributed by atoms with E-state index in [2.05, 4.69) is 0 Å². The van der Waals surface area contributed by atoms with Crippen LogP contribution in [0.5, 0.6) is 0 Å². The Labute approximate surface area is 60.3 Å². The molecular formula is C7H12O3. The van der Waals surface area contributed by atoms with Crippen molar-refractivity contribution in [2.45, 2.75) is 32.5 Å². The van der Waals surface area contributed by atoms with Crippen LogP contribution in [0.4, 0.5) is 0 Å². The highest BCUT2D eigenvalue weighted by atomic mass is 16.7. The van der Waals surface area contributed by atoms with Gasteiger partial charge in [0.2, 0.25) is 5.79 Å². The first-order valence-electron chi connectivity index (χ1n) is 3.52. The van der Waals surface area contributed by atoms with Crippen molar-refractivity contribution >= 4 is 5.97 Å². The van der Waals surface area contributed by atoms with E-state index in [9.17, 15) is 4.79 Å². The number of rotatable bonds is 3. The SMILES string of the molecule is CCOC1(OC(C)=O)CC1. The highest BCUT2D eigenvalue weighted by molar-refractivity contribution is 5.66. The summed E-state index contributed by atoms with van der Waals surface area (Å²) >= 11 is 0. The summed E-state index contributed by atoms with van der Waals surface area (Å²) in [4.78, 5) is 10.5. The Morgan fingerprint density at radius 1 is 1.60 bits per heavy atom. The lowest BCUT2D eigenvalue weighted by atomic mass is 10.6. The van der Waals surface area contributed by atoms with Crippen molar-refractivity contribution < 1.29 is 14.3 Å². The Hall–Kier alpha value is -0.570. The number of carbonyl (C=O) groups excluding carboxylic acids is 1. The van der Waals surface area contributed by atoms with Crippen LogP contribution in [0.2, 0.25) is 0 Å². The number of hydrogen-bond acceptors (Lipinski definition) is 3. The van der Waals surface area contributed by atoms with Gasteiger partial charge in [-0.3, -0.25) is 4.79 Å². The highest BCUT2D eigenvalue weighted by Gasteiger charge is 2.47. The number of carbonyl (C=O) groups is 1. The maximum absolute atomic E-state index is 10.5. The van der Waals surface area contributed by atoms with E-state index in [1.807, 2.05) is 6.92 Å². The summed E-state index contributed by atoms with van der Waals surface area (Å²) < 4.78 is 10.1. The fraction of sp³-hybridized carbons (Fsp3) is 0.857. The Kier molecular flexibility index (Phi) is 1.94. The minimum Gasteiger partial charge on any atom is -0.433 e. The van der Waals surface area contributed by atoms with Crippen LogP contribution in [0.3, 0.4) is 0 Å². The van der Waals surface area contributed by atoms with Gasteiger partial charge >= 0.3 is 5.97 Å². The fourth-order valence-corrected chi connectivity index (χ4v) is 0.903. The lowest BCUT2D eigenvalue weighted by Crippen LogP contribution is -2.21. The molecule has 3 nitrogen and oxygen atoms in total. The average molecular weight is 144 g/mol. The maximum Gasteiger partial charge on any atom is 0.305 e. The largest absolute Gasteiger partial charge is 0.433 e. The van der Waals surface area contributed by atoms with E-state index in [0.717, 1.165) is 12.8 Å². The van der Waals surface area contributed by atoms with Crippen LogP contribution in [-0.4, -0.2) is 18.4 Å². The van der Waals surface area contributed by atoms with Gasteiger partial charge in [0.05, 0.1) is 0 Å². The van der Waals surface area contributed by atoms with E-state index < -0.39 is 5.79 Å². The van der Waals surface area contributed by atoms with E-state index in [0.29, 0.717) is 6.61 Å². The topological polar surface area (TPSA) is 35.5 Å². The predicted molar refractivity (Wildman–Crippen MR) is 35.4 cm³/mol. The standard InChI is InChI=1S/C7H12O3/c1-3-9-7(4-5-7)10-6(2)8/h3-5H2,1-2H3. The molecule has 1 aliphatic rings. The van der Waals surface area contributed by atoms with Gasteiger partial charge in [0, 0.05) is 26.4 Å². The highest BCUT2D eigenvalue weighted by Crippen LogP contribution is 2.40. The van der Waals surface area contributed by atoms with Crippen molar-refractivity contribution in [1.82, 2.24) is 0 Å². The molecule has 0 saturated heterocycles. The second-order valence-electron chi connectivity index (χ2n) is 2.44. The van der Waals surface area contributed by atoms with Gasteiger partial charge in [0.1, 0.15) is 0 Å². The molecule has 58 valence electrons. The number of ether oxygens (including phenoxy) is 2. The van der Waals surface area contributed by atoms with Gasteiger partial charge in [0.15, 0.2) is 0 Å². The van der Waals surface area contributed by atoms with E-state index in [1.165, 1.54) is 6.92 Å². The van der Waals surface area contributed by atoms with Crippen LogP contribution < -0.4 is 0 Å². The summed E-state index contributed by atoms with van der Waals surface area (Å²) in [7, 11) is 0. The van der Waals surface area contributed by atoms with Crippen molar-refractivity contribution in [1.29, 1.82) is 0 Å². The zero-order chi connectivity index (χ0) is 7.61. The first-order chi connectivity index (χ1) is 4.68. The molecule has 0 atom stereocenters. The lowest BCUT2D eigenvalue weighted by Gasteiger charge is -2.14. The molecule has 0 aromatic heterocycles. The smallest absolute Gasteiger partial charge is 0.305 e. The number of esters is 1. The molecule has 0 spiro atoms. The summed E-state index contributed by atoms with van der Waals surface area (Å²) in [5, 5.41) is 0. The monoisotopic (exact) mass is 144 g/mol. The Balaban J connectivity index is 2.30. The molecule has 1 fully saturated rings. The first kappa shape index (κ1) is 7.54. The second kappa shape index (κ2) is 2.58. The molecule has 0 aromatic carbocycles. The number of hydrogen-bond donors (Lipinski definition) is 0. The van der Waals surface area contributed by atoms with Gasteiger partial charge in [-0.25, -0.2) is 0 Å². The summed E-state index contributed by atoms with van der Waals surface area (Å²) in [6, 6.07) is 0. The van der Waals surface area contributed by atoms with Gasteiger partial charge in [-0.15, -0.1) is 0 Å². The normalized spacial score (nSPS) is 20.2. The molecule has 1 rings (SSSR count). The Morgan fingerprint density at radius 2 is 2.20 bits per heavy atom. The van der Waals surface area contributed by atoms with Crippen LogP contribution in [0.1, 0.15) is 26.7 Å². The van der Waals surface area contributed by atoms with Crippen LogP contribution >= 0.6 is 0 Å². The fourth-order valence-electron chi connectivity index (χ4n) is 0.903. The van der Waals surface area contributed by atoms with Gasteiger partial charge in [-0.1, -0.05) is 0 Å². The molecule has 1 aliphatic carbocycles. The van der Waals surface area contributed by atoms with Gasteiger partial charge in [-0.05, 0) is 6.92 Å². The quantitative estimate of drug-likeness (QED) is 0.439. The third-order valence-electron chi connectivity index (χ3n) is 1.40. The van der Waals surface area contributed by atoms with Crippen molar-refractivity contribution in [3.05, 3.63) is 0 Å². The molecule has 0 aromatic rings. The molecular weight excluding hydrogens is 132 g/mol. The van der Waals surface area contributed by atoms with Crippen LogP contribution in [-0.2, 0) is 14.3 Å². The van der Waals surface area contributed by atoms with Crippen LogP contribution in [0.15, 0.2) is 0 Å². The molecule has 0 bridgehead atoms. The minimum atomic E-state index is -0.527. The lowest BCUT2D eigenvalue weighted by molar-refractivity contribution is -0.185.